The largest absolute Gasteiger partial charge is 0.489 e. The van der Waals surface area contributed by atoms with Gasteiger partial charge in [0.15, 0.2) is 23.6 Å². The number of aromatic nitrogens is 2. The van der Waals surface area contributed by atoms with E-state index in [1.54, 1.807) is 11.3 Å². The summed E-state index contributed by atoms with van der Waals surface area (Å²) in [7, 11) is 0. The molecule has 3 N–H and O–H groups in total. The van der Waals surface area contributed by atoms with E-state index in [9.17, 15) is 0 Å². The third kappa shape index (κ3) is 2.25. The van der Waals surface area contributed by atoms with Gasteiger partial charge < -0.3 is 15.2 Å². The maximum atomic E-state index is 6.00. The first-order valence-corrected chi connectivity index (χ1v) is 9.04. The zero-order valence-corrected chi connectivity index (χ0v) is 14.5. The Balaban J connectivity index is 1.74. The number of hydrogen-bond donors (Lipinski definition) is 2. The standard InChI is InChI=1S/C17H17N5O2S/c1-9-3-6-25-14(9)15-20-16(18)21-17-19-10-7-12-13(8-11(10)22(15)17)24-5-2-4-23-12/h3,6-8,15H,2,4-5H2,1H3,(H3,18,19,20,21)/t15-/m1/s1. The summed E-state index contributed by atoms with van der Waals surface area (Å²) in [5.74, 6) is 2.53. The second kappa shape index (κ2) is 5.38. The molecule has 2 aliphatic heterocycles. The molecule has 2 aliphatic rings. The fourth-order valence-electron chi connectivity index (χ4n) is 3.25. The van der Waals surface area contributed by atoms with Crippen molar-refractivity contribution in [2.75, 3.05) is 18.5 Å². The molecule has 7 nitrogen and oxygen atoms in total. The molecule has 0 aliphatic carbocycles. The highest BCUT2D eigenvalue weighted by Crippen LogP contribution is 2.40. The average molecular weight is 355 g/mol. The van der Waals surface area contributed by atoms with Gasteiger partial charge >= 0.3 is 0 Å². The van der Waals surface area contributed by atoms with Crippen molar-refractivity contribution >= 4 is 34.3 Å². The number of fused-ring (bicyclic) bond motifs is 4. The first-order valence-electron chi connectivity index (χ1n) is 8.16. The van der Waals surface area contributed by atoms with Gasteiger partial charge in [-0.3, -0.25) is 9.88 Å². The van der Waals surface area contributed by atoms with Crippen molar-refractivity contribution in [1.82, 2.24) is 9.55 Å². The number of aliphatic imine (C=N–C) groups is 1. The third-order valence-electron chi connectivity index (χ3n) is 4.44. The van der Waals surface area contributed by atoms with Crippen LogP contribution in [-0.4, -0.2) is 28.7 Å². The molecular weight excluding hydrogens is 338 g/mol. The number of thiophene rings is 1. The molecular formula is C17H17N5O2S. The summed E-state index contributed by atoms with van der Waals surface area (Å²) in [6.45, 7) is 3.38. The van der Waals surface area contributed by atoms with Crippen LogP contribution in [0.15, 0.2) is 28.6 Å². The lowest BCUT2D eigenvalue weighted by Crippen LogP contribution is -2.31. The molecule has 0 radical (unpaired) electrons. The second-order valence-corrected chi connectivity index (χ2v) is 7.07. The van der Waals surface area contributed by atoms with Crippen LogP contribution in [0.3, 0.4) is 0 Å². The van der Waals surface area contributed by atoms with Crippen LogP contribution in [0.4, 0.5) is 5.95 Å². The van der Waals surface area contributed by atoms with Crippen LogP contribution in [0, 0.1) is 6.92 Å². The third-order valence-corrected chi connectivity index (χ3v) is 5.50. The number of guanidine groups is 1. The Bertz CT molecular complexity index is 1010. The minimum Gasteiger partial charge on any atom is -0.489 e. The molecule has 0 spiro atoms. The Labute approximate surface area is 148 Å². The van der Waals surface area contributed by atoms with E-state index in [-0.39, 0.29) is 6.17 Å². The van der Waals surface area contributed by atoms with E-state index >= 15 is 0 Å². The van der Waals surface area contributed by atoms with Crippen molar-refractivity contribution in [3.8, 4) is 11.5 Å². The zero-order valence-electron chi connectivity index (χ0n) is 13.7. The Morgan fingerprint density at radius 2 is 2.08 bits per heavy atom. The van der Waals surface area contributed by atoms with E-state index in [0.717, 1.165) is 33.8 Å². The van der Waals surface area contributed by atoms with E-state index in [4.69, 9.17) is 20.2 Å². The number of imidazole rings is 1. The minimum absolute atomic E-state index is 0.231. The van der Waals surface area contributed by atoms with Gasteiger partial charge in [-0.05, 0) is 23.9 Å². The highest BCUT2D eigenvalue weighted by atomic mass is 32.1. The number of benzene rings is 1. The average Bonchev–Trinajstić information content (AvgIpc) is 3.08. The summed E-state index contributed by atoms with van der Waals surface area (Å²) in [5, 5.41) is 5.14. The maximum absolute atomic E-state index is 6.00. The van der Waals surface area contributed by atoms with Gasteiger partial charge in [-0.2, -0.15) is 0 Å². The predicted molar refractivity (Wildman–Crippen MR) is 97.8 cm³/mol. The smallest absolute Gasteiger partial charge is 0.212 e. The molecule has 0 saturated carbocycles. The lowest BCUT2D eigenvalue weighted by Gasteiger charge is -2.23. The summed E-state index contributed by atoms with van der Waals surface area (Å²) in [4.78, 5) is 10.5. The lowest BCUT2D eigenvalue weighted by molar-refractivity contribution is 0.297. The van der Waals surface area contributed by atoms with Gasteiger partial charge in [0.2, 0.25) is 5.95 Å². The van der Waals surface area contributed by atoms with Gasteiger partial charge in [-0.1, -0.05) is 0 Å². The fourth-order valence-corrected chi connectivity index (χ4v) is 4.20. The van der Waals surface area contributed by atoms with Crippen molar-refractivity contribution in [2.45, 2.75) is 19.5 Å². The van der Waals surface area contributed by atoms with Crippen molar-refractivity contribution in [3.05, 3.63) is 34.0 Å². The molecule has 0 bridgehead atoms. The van der Waals surface area contributed by atoms with E-state index in [1.807, 2.05) is 12.1 Å². The molecule has 5 rings (SSSR count). The van der Waals surface area contributed by atoms with Crippen LogP contribution >= 0.6 is 11.3 Å². The van der Waals surface area contributed by atoms with Crippen molar-refractivity contribution in [2.24, 2.45) is 10.7 Å². The van der Waals surface area contributed by atoms with Gasteiger partial charge in [0.25, 0.3) is 0 Å². The Kier molecular flexibility index (Phi) is 3.14. The van der Waals surface area contributed by atoms with E-state index in [1.165, 1.54) is 5.56 Å². The number of anilines is 1. The fraction of sp³-hybridized carbons (Fsp3) is 0.294. The summed E-state index contributed by atoms with van der Waals surface area (Å²) in [6, 6.07) is 6.01. The minimum atomic E-state index is -0.231. The number of nitrogens with one attached hydrogen (secondary N) is 1. The highest BCUT2D eigenvalue weighted by molar-refractivity contribution is 7.10. The normalized spacial score (nSPS) is 19.1. The number of nitrogens with zero attached hydrogens (tertiary/aromatic N) is 3. The van der Waals surface area contributed by atoms with Crippen LogP contribution in [0.2, 0.25) is 0 Å². The van der Waals surface area contributed by atoms with E-state index < -0.39 is 0 Å². The molecule has 1 atom stereocenters. The molecule has 0 saturated heterocycles. The Hall–Kier alpha value is -2.74. The van der Waals surface area contributed by atoms with Gasteiger partial charge in [0, 0.05) is 18.6 Å². The quantitative estimate of drug-likeness (QED) is 0.701. The molecule has 0 amide bonds. The highest BCUT2D eigenvalue weighted by Gasteiger charge is 2.28. The molecule has 0 fully saturated rings. The topological polar surface area (TPSA) is 86.7 Å². The monoisotopic (exact) mass is 355 g/mol. The summed E-state index contributed by atoms with van der Waals surface area (Å²) in [5.41, 5.74) is 8.97. The van der Waals surface area contributed by atoms with Crippen molar-refractivity contribution in [1.29, 1.82) is 0 Å². The molecule has 128 valence electrons. The van der Waals surface area contributed by atoms with Crippen LogP contribution in [0.5, 0.6) is 11.5 Å². The lowest BCUT2D eigenvalue weighted by atomic mass is 10.2. The van der Waals surface area contributed by atoms with E-state index in [2.05, 4.69) is 33.2 Å². The zero-order chi connectivity index (χ0) is 17.0. The molecule has 8 heteroatoms. The van der Waals surface area contributed by atoms with Gasteiger partial charge in [0.1, 0.15) is 0 Å². The molecule has 4 heterocycles. The number of aryl methyl sites for hydroxylation is 1. The first-order chi connectivity index (χ1) is 12.2. The van der Waals surface area contributed by atoms with Gasteiger partial charge in [-0.25, -0.2) is 9.98 Å². The van der Waals surface area contributed by atoms with Gasteiger partial charge in [0.05, 0.1) is 29.1 Å². The van der Waals surface area contributed by atoms with Crippen LogP contribution in [-0.2, 0) is 0 Å². The van der Waals surface area contributed by atoms with E-state index in [0.29, 0.717) is 25.1 Å². The number of rotatable bonds is 1. The molecule has 25 heavy (non-hydrogen) atoms. The summed E-state index contributed by atoms with van der Waals surface area (Å²) in [6.07, 6.45) is 0.641. The summed E-state index contributed by atoms with van der Waals surface area (Å²) < 4.78 is 13.7. The van der Waals surface area contributed by atoms with Crippen molar-refractivity contribution in [3.63, 3.8) is 0 Å². The number of ether oxygens (including phenoxy) is 2. The SMILES string of the molecule is Cc1ccsc1[C@@H]1N=C(N)Nc2nc3cc4c(cc3n21)OCCCO4. The summed E-state index contributed by atoms with van der Waals surface area (Å²) >= 11 is 1.67. The molecule has 2 aromatic heterocycles. The van der Waals surface area contributed by atoms with Crippen LogP contribution in [0.1, 0.15) is 23.0 Å². The molecule has 3 aromatic rings. The maximum Gasteiger partial charge on any atom is 0.212 e. The van der Waals surface area contributed by atoms with Crippen LogP contribution in [0.25, 0.3) is 11.0 Å². The molecule has 0 unspecified atom stereocenters. The van der Waals surface area contributed by atoms with Crippen molar-refractivity contribution < 1.29 is 9.47 Å². The Morgan fingerprint density at radius 3 is 2.84 bits per heavy atom. The van der Waals surface area contributed by atoms with Gasteiger partial charge in [-0.15, -0.1) is 11.3 Å². The molecule has 1 aromatic carbocycles. The van der Waals surface area contributed by atoms with Crippen LogP contribution < -0.4 is 20.5 Å². The Morgan fingerprint density at radius 1 is 1.28 bits per heavy atom. The number of nitrogens with two attached hydrogens (primary N) is 1. The second-order valence-electron chi connectivity index (χ2n) is 6.12. The predicted octanol–water partition coefficient (Wildman–Crippen LogP) is 2.85. The first kappa shape index (κ1) is 14.6. The number of hydrogen-bond acceptors (Lipinski definition) is 7.